The van der Waals surface area contributed by atoms with Crippen molar-refractivity contribution in [3.8, 4) is 0 Å². The zero-order valence-electron chi connectivity index (χ0n) is 11.0. The maximum absolute atomic E-state index is 3.76. The highest BCUT2D eigenvalue weighted by Gasteiger charge is 2.36. The smallest absolute Gasteiger partial charge is 0.0252 e. The van der Waals surface area contributed by atoms with E-state index in [0.29, 0.717) is 0 Å². The van der Waals surface area contributed by atoms with Crippen LogP contribution in [0.15, 0.2) is 0 Å². The fourth-order valence-electron chi connectivity index (χ4n) is 3.64. The van der Waals surface area contributed by atoms with Gasteiger partial charge in [0.15, 0.2) is 0 Å². The van der Waals surface area contributed by atoms with Crippen LogP contribution in [0.5, 0.6) is 0 Å². The zero-order valence-corrected chi connectivity index (χ0v) is 11.0. The number of nitrogens with one attached hydrogen (secondary N) is 1. The Kier molecular flexibility index (Phi) is 4.66. The normalized spacial score (nSPS) is 36.0. The molecule has 2 heteroatoms. The lowest BCUT2D eigenvalue weighted by molar-refractivity contribution is 0.154. The Balaban J connectivity index is 1.91. The lowest BCUT2D eigenvalue weighted by Crippen LogP contribution is -2.48. The summed E-state index contributed by atoms with van der Waals surface area (Å²) in [5.74, 6) is 0. The highest BCUT2D eigenvalue weighted by molar-refractivity contribution is 4.94. The Morgan fingerprint density at radius 2 is 2.00 bits per heavy atom. The lowest BCUT2D eigenvalue weighted by Gasteiger charge is -2.34. The predicted molar refractivity (Wildman–Crippen MR) is 69.7 cm³/mol. The molecule has 1 aliphatic heterocycles. The fraction of sp³-hybridized carbons (Fsp3) is 1.00. The maximum atomic E-state index is 3.76. The molecule has 1 saturated heterocycles. The van der Waals surface area contributed by atoms with Crippen LogP contribution in [0.4, 0.5) is 0 Å². The number of rotatable bonds is 5. The van der Waals surface area contributed by atoms with Crippen molar-refractivity contribution in [2.45, 2.75) is 76.9 Å². The molecule has 0 spiro atoms. The molecule has 2 nitrogen and oxygen atoms in total. The van der Waals surface area contributed by atoms with Crippen molar-refractivity contribution in [1.82, 2.24) is 10.2 Å². The number of hydrogen-bond acceptors (Lipinski definition) is 2. The van der Waals surface area contributed by atoms with Gasteiger partial charge in [0.25, 0.3) is 0 Å². The zero-order chi connectivity index (χ0) is 11.4. The molecule has 0 radical (unpaired) electrons. The first-order valence-corrected chi connectivity index (χ1v) is 7.36. The Morgan fingerprint density at radius 1 is 1.12 bits per heavy atom. The monoisotopic (exact) mass is 224 g/mol. The third-order valence-corrected chi connectivity index (χ3v) is 4.46. The van der Waals surface area contributed by atoms with Crippen LogP contribution >= 0.6 is 0 Å². The molecule has 2 fully saturated rings. The van der Waals surface area contributed by atoms with Crippen LogP contribution in [0, 0.1) is 0 Å². The van der Waals surface area contributed by atoms with Crippen molar-refractivity contribution in [2.75, 3.05) is 13.1 Å². The first-order valence-electron chi connectivity index (χ1n) is 7.36. The molecular weight excluding hydrogens is 196 g/mol. The van der Waals surface area contributed by atoms with Crippen LogP contribution in [-0.4, -0.2) is 36.1 Å². The second-order valence-corrected chi connectivity index (χ2v) is 5.50. The Morgan fingerprint density at radius 3 is 2.75 bits per heavy atom. The largest absolute Gasteiger partial charge is 0.312 e. The molecule has 1 N–H and O–H groups in total. The molecule has 0 bridgehead atoms. The van der Waals surface area contributed by atoms with E-state index in [9.17, 15) is 0 Å². The molecule has 1 heterocycles. The van der Waals surface area contributed by atoms with Gasteiger partial charge < -0.3 is 5.32 Å². The number of likely N-dealkylation sites (tertiary alicyclic amines) is 1. The van der Waals surface area contributed by atoms with Crippen LogP contribution in [0.3, 0.4) is 0 Å². The van der Waals surface area contributed by atoms with Crippen LogP contribution in [0.2, 0.25) is 0 Å². The maximum Gasteiger partial charge on any atom is 0.0252 e. The van der Waals surface area contributed by atoms with E-state index >= 15 is 0 Å². The quantitative estimate of drug-likeness (QED) is 0.772. The minimum absolute atomic E-state index is 0.784. The van der Waals surface area contributed by atoms with E-state index in [-0.39, 0.29) is 0 Å². The molecule has 0 aromatic carbocycles. The Hall–Kier alpha value is -0.0800. The van der Waals surface area contributed by atoms with Gasteiger partial charge in [0.1, 0.15) is 0 Å². The van der Waals surface area contributed by atoms with E-state index in [0.717, 1.165) is 18.1 Å². The third kappa shape index (κ3) is 2.60. The van der Waals surface area contributed by atoms with Crippen molar-refractivity contribution >= 4 is 0 Å². The van der Waals surface area contributed by atoms with Crippen LogP contribution in [0.25, 0.3) is 0 Å². The van der Waals surface area contributed by atoms with Crippen molar-refractivity contribution in [3.63, 3.8) is 0 Å². The number of hydrogen-bond donors (Lipinski definition) is 1. The molecule has 2 rings (SSSR count). The molecule has 3 atom stereocenters. The average molecular weight is 224 g/mol. The first kappa shape index (κ1) is 12.4. The van der Waals surface area contributed by atoms with Gasteiger partial charge in [0.2, 0.25) is 0 Å². The molecular formula is C14H28N2. The third-order valence-electron chi connectivity index (χ3n) is 4.46. The van der Waals surface area contributed by atoms with Crippen LogP contribution < -0.4 is 5.32 Å². The summed E-state index contributed by atoms with van der Waals surface area (Å²) in [5, 5.41) is 3.76. The van der Waals surface area contributed by atoms with E-state index in [4.69, 9.17) is 0 Å². The highest BCUT2D eigenvalue weighted by Crippen LogP contribution is 2.31. The summed E-state index contributed by atoms with van der Waals surface area (Å²) in [4.78, 5) is 2.82. The van der Waals surface area contributed by atoms with Gasteiger partial charge in [-0.25, -0.2) is 0 Å². The molecule has 0 aromatic heterocycles. The van der Waals surface area contributed by atoms with Crippen molar-refractivity contribution in [2.24, 2.45) is 0 Å². The van der Waals surface area contributed by atoms with Gasteiger partial charge >= 0.3 is 0 Å². The summed E-state index contributed by atoms with van der Waals surface area (Å²) in [6, 6.07) is 2.51. The standard InChI is InChI=1S/C14H28N2/c1-3-10-15-13-8-5-9-14(13)16-11-6-7-12(16)4-2/h12-15H,3-11H2,1-2H3. The van der Waals surface area contributed by atoms with E-state index < -0.39 is 0 Å². The second kappa shape index (κ2) is 6.02. The van der Waals surface area contributed by atoms with E-state index in [2.05, 4.69) is 24.1 Å². The van der Waals surface area contributed by atoms with E-state index in [1.165, 1.54) is 58.0 Å². The van der Waals surface area contributed by atoms with E-state index in [1.54, 1.807) is 0 Å². The average Bonchev–Trinajstić information content (AvgIpc) is 2.93. The summed E-state index contributed by atoms with van der Waals surface area (Å²) < 4.78 is 0. The van der Waals surface area contributed by atoms with E-state index in [1.807, 2.05) is 0 Å². The molecule has 1 aliphatic carbocycles. The van der Waals surface area contributed by atoms with Gasteiger partial charge in [-0.05, 0) is 51.6 Å². The van der Waals surface area contributed by atoms with Gasteiger partial charge in [-0.3, -0.25) is 4.90 Å². The van der Waals surface area contributed by atoms with Crippen molar-refractivity contribution < 1.29 is 0 Å². The first-order chi connectivity index (χ1) is 7.86. The molecule has 16 heavy (non-hydrogen) atoms. The summed E-state index contributed by atoms with van der Waals surface area (Å²) in [6.07, 6.45) is 9.73. The minimum Gasteiger partial charge on any atom is -0.312 e. The SMILES string of the molecule is CCCNC1CCCC1N1CCCC1CC. The Bertz CT molecular complexity index is 205. The summed E-state index contributed by atoms with van der Waals surface area (Å²) >= 11 is 0. The topological polar surface area (TPSA) is 15.3 Å². The molecule has 3 unspecified atom stereocenters. The van der Waals surface area contributed by atoms with Crippen molar-refractivity contribution in [3.05, 3.63) is 0 Å². The highest BCUT2D eigenvalue weighted by atomic mass is 15.2. The Labute approximate surface area is 101 Å². The predicted octanol–water partition coefficient (Wildman–Crippen LogP) is 2.78. The number of nitrogens with zero attached hydrogens (tertiary/aromatic N) is 1. The van der Waals surface area contributed by atoms with Gasteiger partial charge in [-0.1, -0.05) is 20.3 Å². The van der Waals surface area contributed by atoms with Crippen LogP contribution in [-0.2, 0) is 0 Å². The van der Waals surface area contributed by atoms with Gasteiger partial charge in [0.05, 0.1) is 0 Å². The van der Waals surface area contributed by atoms with Gasteiger partial charge in [0, 0.05) is 18.1 Å². The molecule has 1 saturated carbocycles. The second-order valence-electron chi connectivity index (χ2n) is 5.50. The fourth-order valence-corrected chi connectivity index (χ4v) is 3.64. The van der Waals surface area contributed by atoms with Gasteiger partial charge in [-0.2, -0.15) is 0 Å². The molecule has 94 valence electrons. The van der Waals surface area contributed by atoms with Gasteiger partial charge in [-0.15, -0.1) is 0 Å². The molecule has 0 aromatic rings. The minimum atomic E-state index is 0.784. The molecule has 2 aliphatic rings. The summed E-state index contributed by atoms with van der Waals surface area (Å²) in [5.41, 5.74) is 0. The van der Waals surface area contributed by atoms with Crippen LogP contribution in [0.1, 0.15) is 58.8 Å². The summed E-state index contributed by atoms with van der Waals surface area (Å²) in [7, 11) is 0. The van der Waals surface area contributed by atoms with Crippen molar-refractivity contribution in [1.29, 1.82) is 0 Å². The summed E-state index contributed by atoms with van der Waals surface area (Å²) in [6.45, 7) is 7.17. The molecule has 0 amide bonds. The lowest BCUT2D eigenvalue weighted by atomic mass is 10.1.